The number of nitrogens with one attached hydrogen (secondary N) is 1. The third-order valence-corrected chi connectivity index (χ3v) is 4.13. The van der Waals surface area contributed by atoms with Gasteiger partial charge in [-0.25, -0.2) is 4.98 Å². The van der Waals surface area contributed by atoms with Crippen molar-refractivity contribution in [1.29, 1.82) is 0 Å². The molecule has 104 valence electrons. The van der Waals surface area contributed by atoms with Gasteiger partial charge in [-0.1, -0.05) is 19.3 Å². The second-order valence-corrected chi connectivity index (χ2v) is 5.71. The molecule has 1 aromatic rings. The fourth-order valence-corrected chi connectivity index (χ4v) is 3.02. The summed E-state index contributed by atoms with van der Waals surface area (Å²) in [7, 11) is 0. The van der Waals surface area contributed by atoms with E-state index in [0.717, 1.165) is 31.3 Å². The Labute approximate surface area is 114 Å². The predicted octanol–water partition coefficient (Wildman–Crippen LogP) is 1.76. The number of anilines is 2. The first kappa shape index (κ1) is 12.7. The number of rotatable bonds is 3. The van der Waals surface area contributed by atoms with Gasteiger partial charge in [0.25, 0.3) is 0 Å². The normalized spacial score (nSPS) is 24.7. The van der Waals surface area contributed by atoms with Crippen LogP contribution < -0.4 is 16.0 Å². The lowest BCUT2D eigenvalue weighted by molar-refractivity contribution is 0.461. The lowest BCUT2D eigenvalue weighted by Gasteiger charge is -2.23. The van der Waals surface area contributed by atoms with Crippen LogP contribution in [0, 0.1) is 0 Å². The van der Waals surface area contributed by atoms with Crippen LogP contribution in [0.3, 0.4) is 0 Å². The fraction of sp³-hybridized carbons (Fsp3) is 0.714. The van der Waals surface area contributed by atoms with Crippen molar-refractivity contribution in [2.75, 3.05) is 23.3 Å². The summed E-state index contributed by atoms with van der Waals surface area (Å²) in [5, 5.41) is 3.48. The molecule has 0 radical (unpaired) electrons. The Bertz CT molecular complexity index is 416. The van der Waals surface area contributed by atoms with Gasteiger partial charge in [0.15, 0.2) is 0 Å². The molecule has 0 bridgehead atoms. The standard InChI is InChI=1S/C14H23N5/c15-11-7-9-19(10-11)13-6-8-16-14(18-13)17-12-4-2-1-3-5-12/h6,8,11-12H,1-5,7,9-10,15H2,(H,16,17,18)/t11-/m0/s1. The first-order chi connectivity index (χ1) is 9.31. The van der Waals surface area contributed by atoms with Crippen molar-refractivity contribution >= 4 is 11.8 Å². The molecule has 1 atom stereocenters. The molecule has 0 spiro atoms. The molecule has 0 amide bonds. The zero-order valence-corrected chi connectivity index (χ0v) is 11.4. The van der Waals surface area contributed by atoms with Crippen LogP contribution in [-0.2, 0) is 0 Å². The highest BCUT2D eigenvalue weighted by Crippen LogP contribution is 2.22. The van der Waals surface area contributed by atoms with Crippen LogP contribution in [0.4, 0.5) is 11.8 Å². The van der Waals surface area contributed by atoms with Crippen molar-refractivity contribution in [2.45, 2.75) is 50.6 Å². The maximum absolute atomic E-state index is 5.95. The molecule has 1 aliphatic heterocycles. The second-order valence-electron chi connectivity index (χ2n) is 5.71. The first-order valence-electron chi connectivity index (χ1n) is 7.41. The van der Waals surface area contributed by atoms with Crippen LogP contribution in [0.1, 0.15) is 38.5 Å². The van der Waals surface area contributed by atoms with Crippen LogP contribution in [-0.4, -0.2) is 35.1 Å². The zero-order valence-electron chi connectivity index (χ0n) is 11.4. The lowest BCUT2D eigenvalue weighted by atomic mass is 9.96. The van der Waals surface area contributed by atoms with Crippen molar-refractivity contribution in [1.82, 2.24) is 9.97 Å². The van der Waals surface area contributed by atoms with Gasteiger partial charge >= 0.3 is 0 Å². The van der Waals surface area contributed by atoms with Gasteiger partial charge in [-0.2, -0.15) is 4.98 Å². The van der Waals surface area contributed by atoms with E-state index in [-0.39, 0.29) is 6.04 Å². The number of hydrogen-bond acceptors (Lipinski definition) is 5. The summed E-state index contributed by atoms with van der Waals surface area (Å²) in [6.07, 6.45) is 9.37. The molecule has 2 fully saturated rings. The highest BCUT2D eigenvalue weighted by molar-refractivity contribution is 5.44. The molecule has 1 saturated carbocycles. The molecule has 2 heterocycles. The average molecular weight is 261 g/mol. The fourth-order valence-electron chi connectivity index (χ4n) is 3.02. The van der Waals surface area contributed by atoms with Gasteiger partial charge in [0.2, 0.25) is 5.95 Å². The van der Waals surface area contributed by atoms with Crippen molar-refractivity contribution in [3.63, 3.8) is 0 Å². The minimum Gasteiger partial charge on any atom is -0.355 e. The maximum atomic E-state index is 5.95. The Morgan fingerprint density at radius 2 is 2.05 bits per heavy atom. The molecule has 3 rings (SSSR count). The highest BCUT2D eigenvalue weighted by Gasteiger charge is 2.21. The zero-order chi connectivity index (χ0) is 13.1. The first-order valence-corrected chi connectivity index (χ1v) is 7.41. The van der Waals surface area contributed by atoms with Gasteiger partial charge in [0, 0.05) is 31.4 Å². The predicted molar refractivity (Wildman–Crippen MR) is 77.3 cm³/mol. The minimum absolute atomic E-state index is 0.282. The monoisotopic (exact) mass is 261 g/mol. The van der Waals surface area contributed by atoms with Gasteiger partial charge < -0.3 is 16.0 Å². The Morgan fingerprint density at radius 1 is 1.21 bits per heavy atom. The Balaban J connectivity index is 1.65. The van der Waals surface area contributed by atoms with Gasteiger partial charge in [-0.3, -0.25) is 0 Å². The molecule has 2 aliphatic rings. The molecule has 5 nitrogen and oxygen atoms in total. The van der Waals surface area contributed by atoms with Gasteiger partial charge in [-0.05, 0) is 25.3 Å². The molecule has 1 aliphatic carbocycles. The van der Waals surface area contributed by atoms with E-state index >= 15 is 0 Å². The molecule has 0 unspecified atom stereocenters. The van der Waals surface area contributed by atoms with E-state index in [1.54, 1.807) is 0 Å². The molecule has 5 heteroatoms. The van der Waals surface area contributed by atoms with Crippen molar-refractivity contribution in [3.8, 4) is 0 Å². The van der Waals surface area contributed by atoms with Crippen LogP contribution in [0.5, 0.6) is 0 Å². The molecule has 1 aromatic heterocycles. The smallest absolute Gasteiger partial charge is 0.224 e. The van der Waals surface area contributed by atoms with E-state index in [0.29, 0.717) is 6.04 Å². The number of nitrogens with two attached hydrogens (primary N) is 1. The molecular formula is C14H23N5. The minimum atomic E-state index is 0.282. The third-order valence-electron chi connectivity index (χ3n) is 4.13. The second kappa shape index (κ2) is 5.74. The summed E-state index contributed by atoms with van der Waals surface area (Å²) >= 11 is 0. The van der Waals surface area contributed by atoms with E-state index in [9.17, 15) is 0 Å². The van der Waals surface area contributed by atoms with Crippen LogP contribution in [0.25, 0.3) is 0 Å². The Kier molecular flexibility index (Phi) is 3.82. The quantitative estimate of drug-likeness (QED) is 0.868. The van der Waals surface area contributed by atoms with E-state index in [2.05, 4.69) is 20.2 Å². The number of nitrogens with zero attached hydrogens (tertiary/aromatic N) is 3. The van der Waals surface area contributed by atoms with Crippen LogP contribution in [0.2, 0.25) is 0 Å². The average Bonchev–Trinajstić information content (AvgIpc) is 2.87. The Hall–Kier alpha value is -1.36. The summed E-state index contributed by atoms with van der Waals surface area (Å²) in [6.45, 7) is 1.90. The van der Waals surface area contributed by atoms with Crippen molar-refractivity contribution < 1.29 is 0 Å². The molecular weight excluding hydrogens is 238 g/mol. The van der Waals surface area contributed by atoms with E-state index in [1.807, 2.05) is 12.3 Å². The highest BCUT2D eigenvalue weighted by atomic mass is 15.2. The number of aromatic nitrogens is 2. The van der Waals surface area contributed by atoms with Gasteiger partial charge in [-0.15, -0.1) is 0 Å². The van der Waals surface area contributed by atoms with Gasteiger partial charge in [0.1, 0.15) is 5.82 Å². The van der Waals surface area contributed by atoms with Crippen LogP contribution >= 0.6 is 0 Å². The molecule has 1 saturated heterocycles. The maximum Gasteiger partial charge on any atom is 0.224 e. The summed E-state index contributed by atoms with van der Waals surface area (Å²) in [5.74, 6) is 1.77. The van der Waals surface area contributed by atoms with E-state index in [1.165, 1.54) is 32.1 Å². The largest absolute Gasteiger partial charge is 0.355 e. The Morgan fingerprint density at radius 3 is 2.79 bits per heavy atom. The summed E-state index contributed by atoms with van der Waals surface area (Å²) in [4.78, 5) is 11.2. The van der Waals surface area contributed by atoms with Gasteiger partial charge in [0.05, 0.1) is 0 Å². The summed E-state index contributed by atoms with van der Waals surface area (Å²) < 4.78 is 0. The van der Waals surface area contributed by atoms with E-state index < -0.39 is 0 Å². The topological polar surface area (TPSA) is 67.1 Å². The summed E-state index contributed by atoms with van der Waals surface area (Å²) in [6, 6.07) is 2.80. The molecule has 0 aromatic carbocycles. The SMILES string of the molecule is N[C@H]1CCN(c2ccnc(NC3CCCCC3)n2)C1. The third kappa shape index (κ3) is 3.15. The lowest BCUT2D eigenvalue weighted by Crippen LogP contribution is -2.28. The summed E-state index contributed by atoms with van der Waals surface area (Å²) in [5.41, 5.74) is 5.95. The van der Waals surface area contributed by atoms with Crippen molar-refractivity contribution in [2.24, 2.45) is 5.73 Å². The number of hydrogen-bond donors (Lipinski definition) is 2. The van der Waals surface area contributed by atoms with Crippen LogP contribution in [0.15, 0.2) is 12.3 Å². The molecule has 19 heavy (non-hydrogen) atoms. The van der Waals surface area contributed by atoms with E-state index in [4.69, 9.17) is 5.73 Å². The van der Waals surface area contributed by atoms with Crippen molar-refractivity contribution in [3.05, 3.63) is 12.3 Å². The molecule has 3 N–H and O–H groups in total.